The highest BCUT2D eigenvalue weighted by Gasteiger charge is 2.36. The highest BCUT2D eigenvalue weighted by molar-refractivity contribution is 7.89. The number of rotatable bonds is 9. The third kappa shape index (κ3) is 6.57. The van der Waals surface area contributed by atoms with E-state index in [1.807, 2.05) is 18.2 Å². The van der Waals surface area contributed by atoms with Gasteiger partial charge in [0.2, 0.25) is 16.0 Å². The van der Waals surface area contributed by atoms with Gasteiger partial charge in [-0.15, -0.1) is 0 Å². The van der Waals surface area contributed by atoms with Crippen LogP contribution >= 0.6 is 0 Å². The first kappa shape index (κ1) is 29.6. The molecule has 6 rings (SSSR count). The summed E-state index contributed by atoms with van der Waals surface area (Å²) in [5, 5.41) is 10.1. The largest absolute Gasteiger partial charge is 0.369 e. The molecule has 1 atom stereocenters. The summed E-state index contributed by atoms with van der Waals surface area (Å²) in [7, 11) is -2.08. The van der Waals surface area contributed by atoms with Crippen LogP contribution in [0.3, 0.4) is 0 Å². The van der Waals surface area contributed by atoms with Crippen LogP contribution in [-0.2, 0) is 24.9 Å². The molecule has 11 nitrogen and oxygen atoms in total. The Morgan fingerprint density at radius 1 is 1.02 bits per heavy atom. The molecule has 1 unspecified atom stereocenters. The van der Waals surface area contributed by atoms with Crippen molar-refractivity contribution in [1.82, 2.24) is 14.7 Å². The zero-order valence-corrected chi connectivity index (χ0v) is 25.8. The number of aromatic nitrogens is 2. The molecule has 2 aliphatic heterocycles. The molecule has 0 radical (unpaired) electrons. The van der Waals surface area contributed by atoms with Crippen LogP contribution in [0.2, 0.25) is 0 Å². The zero-order valence-electron chi connectivity index (χ0n) is 25.0. The fraction of sp³-hybridized carbons (Fsp3) is 0.484. The van der Waals surface area contributed by atoms with E-state index in [2.05, 4.69) is 51.6 Å². The lowest BCUT2D eigenvalue weighted by atomic mass is 9.88. The maximum Gasteiger partial charge on any atom is 0.242 e. The topological polar surface area (TPSA) is 130 Å². The molecule has 2 aromatic carbocycles. The summed E-state index contributed by atoms with van der Waals surface area (Å²) >= 11 is 0. The Balaban J connectivity index is 1.26. The quantitative estimate of drug-likeness (QED) is 0.261. The monoisotopic (exact) mass is 607 g/mol. The molecule has 1 saturated carbocycles. The molecule has 12 heteroatoms. The Kier molecular flexibility index (Phi) is 8.45. The Bertz CT molecular complexity index is 1540. The second kappa shape index (κ2) is 12.3. The van der Waals surface area contributed by atoms with Crippen LogP contribution in [-0.4, -0.2) is 64.1 Å². The molecule has 3 heterocycles. The highest BCUT2D eigenvalue weighted by Crippen LogP contribution is 2.42. The molecule has 43 heavy (non-hydrogen) atoms. The van der Waals surface area contributed by atoms with E-state index < -0.39 is 10.0 Å². The SMILES string of the molecule is COC1CN(c2ccc(Nc3nc4c(c(Nc5ccccc5S(=O)(=O)NC5CCCCC5)n3)C(C)(C)CN4)cc2)CCO1. The average Bonchev–Trinajstić information content (AvgIpc) is 3.32. The van der Waals surface area contributed by atoms with Gasteiger partial charge in [0.05, 0.1) is 18.8 Å². The van der Waals surface area contributed by atoms with Crippen LogP contribution in [0, 0.1) is 0 Å². The fourth-order valence-electron chi connectivity index (χ4n) is 6.08. The van der Waals surface area contributed by atoms with Gasteiger partial charge in [-0.1, -0.05) is 45.2 Å². The molecule has 0 spiro atoms. The number of fused-ring (bicyclic) bond motifs is 1. The molecular formula is C31H41N7O4S. The van der Waals surface area contributed by atoms with Crippen LogP contribution in [0.4, 0.5) is 34.6 Å². The predicted octanol–water partition coefficient (Wildman–Crippen LogP) is 5.09. The lowest BCUT2D eigenvalue weighted by Crippen LogP contribution is -2.43. The summed E-state index contributed by atoms with van der Waals surface area (Å²) in [5.74, 6) is 1.70. The summed E-state index contributed by atoms with van der Waals surface area (Å²) in [4.78, 5) is 12.1. The highest BCUT2D eigenvalue weighted by atomic mass is 32.2. The number of hydrogen-bond acceptors (Lipinski definition) is 10. The van der Waals surface area contributed by atoms with Crippen LogP contribution in [0.25, 0.3) is 0 Å². The van der Waals surface area contributed by atoms with Gasteiger partial charge in [0, 0.05) is 48.6 Å². The number of hydrogen-bond donors (Lipinski definition) is 4. The molecule has 1 aromatic heterocycles. The van der Waals surface area contributed by atoms with E-state index in [0.29, 0.717) is 37.1 Å². The van der Waals surface area contributed by atoms with Crippen LogP contribution in [0.15, 0.2) is 53.4 Å². The molecule has 2 fully saturated rings. The summed E-state index contributed by atoms with van der Waals surface area (Å²) in [6.07, 6.45) is 4.73. The lowest BCUT2D eigenvalue weighted by Gasteiger charge is -2.33. The summed E-state index contributed by atoms with van der Waals surface area (Å²) < 4.78 is 41.0. The minimum atomic E-state index is -3.74. The van der Waals surface area contributed by atoms with Crippen molar-refractivity contribution in [2.45, 2.75) is 68.6 Å². The molecule has 0 amide bonds. The first-order valence-electron chi connectivity index (χ1n) is 15.0. The van der Waals surface area contributed by atoms with E-state index in [-0.39, 0.29) is 22.6 Å². The Morgan fingerprint density at radius 3 is 2.56 bits per heavy atom. The minimum Gasteiger partial charge on any atom is -0.369 e. The maximum atomic E-state index is 13.5. The van der Waals surface area contributed by atoms with Crippen LogP contribution < -0.4 is 25.6 Å². The number of nitrogens with one attached hydrogen (secondary N) is 4. The Hall–Kier alpha value is -3.45. The van der Waals surface area contributed by atoms with Crippen molar-refractivity contribution in [3.05, 3.63) is 54.1 Å². The molecule has 1 saturated heterocycles. The van der Waals surface area contributed by atoms with Gasteiger partial charge in [-0.3, -0.25) is 0 Å². The van der Waals surface area contributed by atoms with E-state index >= 15 is 0 Å². The third-order valence-corrected chi connectivity index (χ3v) is 10.0. The van der Waals surface area contributed by atoms with Gasteiger partial charge in [-0.2, -0.15) is 9.97 Å². The molecule has 4 N–H and O–H groups in total. The second-order valence-corrected chi connectivity index (χ2v) is 13.8. The molecule has 0 bridgehead atoms. The maximum absolute atomic E-state index is 13.5. The standard InChI is InChI=1S/C31H41N7O4S/c1-31(2)20-32-28-27(31)29(34-24-11-7-8-12-25(24)43(39,40)37-22-9-5-4-6-10-22)36-30(35-28)33-21-13-15-23(16-14-21)38-17-18-42-26(19-38)41-3/h7-8,11-16,22,26,37H,4-6,9-10,17-20H2,1-3H3,(H3,32,33,34,35,36). The van der Waals surface area contributed by atoms with Gasteiger partial charge < -0.3 is 30.3 Å². The summed E-state index contributed by atoms with van der Waals surface area (Å²) in [6.45, 7) is 7.01. The second-order valence-electron chi connectivity index (χ2n) is 12.1. The average molecular weight is 608 g/mol. The van der Waals surface area contributed by atoms with E-state index in [1.54, 1.807) is 25.3 Å². The predicted molar refractivity (Wildman–Crippen MR) is 169 cm³/mol. The Morgan fingerprint density at radius 2 is 1.79 bits per heavy atom. The van der Waals surface area contributed by atoms with Crippen LogP contribution in [0.1, 0.15) is 51.5 Å². The smallest absolute Gasteiger partial charge is 0.242 e. The number of benzene rings is 2. The molecule has 1 aliphatic carbocycles. The third-order valence-electron chi connectivity index (χ3n) is 8.43. The van der Waals surface area contributed by atoms with E-state index in [1.165, 1.54) is 0 Å². The summed E-state index contributed by atoms with van der Waals surface area (Å²) in [6, 6.07) is 15.1. The van der Waals surface area contributed by atoms with Gasteiger partial charge in [0.15, 0.2) is 6.29 Å². The molecule has 3 aliphatic rings. The van der Waals surface area contributed by atoms with E-state index in [4.69, 9.17) is 19.4 Å². The molecule has 230 valence electrons. The number of anilines is 6. The minimum absolute atomic E-state index is 0.0370. The lowest BCUT2D eigenvalue weighted by molar-refractivity contribution is -0.128. The van der Waals surface area contributed by atoms with Crippen molar-refractivity contribution < 1.29 is 17.9 Å². The van der Waals surface area contributed by atoms with Gasteiger partial charge in [-0.05, 0) is 49.2 Å². The van der Waals surface area contributed by atoms with Crippen LogP contribution in [0.5, 0.6) is 0 Å². The number of para-hydroxylation sites is 1. The molecular weight excluding hydrogens is 566 g/mol. The van der Waals surface area contributed by atoms with Gasteiger partial charge in [0.1, 0.15) is 16.5 Å². The van der Waals surface area contributed by atoms with E-state index in [9.17, 15) is 8.42 Å². The van der Waals surface area contributed by atoms with Gasteiger partial charge in [0.25, 0.3) is 0 Å². The first-order valence-corrected chi connectivity index (χ1v) is 16.5. The van der Waals surface area contributed by atoms with Crippen molar-refractivity contribution in [3.8, 4) is 0 Å². The molecule has 3 aromatic rings. The number of morpholine rings is 1. The van der Waals surface area contributed by atoms with Crippen molar-refractivity contribution in [2.24, 2.45) is 0 Å². The number of methoxy groups -OCH3 is 1. The van der Waals surface area contributed by atoms with Crippen molar-refractivity contribution >= 4 is 44.7 Å². The van der Waals surface area contributed by atoms with E-state index in [0.717, 1.165) is 61.4 Å². The van der Waals surface area contributed by atoms with Crippen molar-refractivity contribution in [2.75, 3.05) is 54.2 Å². The van der Waals surface area contributed by atoms with Crippen molar-refractivity contribution in [1.29, 1.82) is 0 Å². The van der Waals surface area contributed by atoms with Gasteiger partial charge in [-0.25, -0.2) is 13.1 Å². The number of sulfonamides is 1. The van der Waals surface area contributed by atoms with Crippen molar-refractivity contribution in [3.63, 3.8) is 0 Å². The number of nitrogens with zero attached hydrogens (tertiary/aromatic N) is 3. The normalized spacial score (nSPS) is 20.3. The Labute approximate surface area is 253 Å². The first-order chi connectivity index (χ1) is 20.7. The summed E-state index contributed by atoms with van der Waals surface area (Å²) in [5.41, 5.74) is 3.05. The fourth-order valence-corrected chi connectivity index (χ4v) is 7.55. The zero-order chi connectivity index (χ0) is 30.0. The van der Waals surface area contributed by atoms with Gasteiger partial charge >= 0.3 is 0 Å². The number of ether oxygens (including phenoxy) is 2.